The Morgan fingerprint density at radius 1 is 1.29 bits per heavy atom. The van der Waals surface area contributed by atoms with Gasteiger partial charge in [0.25, 0.3) is 0 Å². The lowest BCUT2D eigenvalue weighted by Crippen LogP contribution is -2.42. The summed E-state index contributed by atoms with van der Waals surface area (Å²) >= 11 is 0. The molecule has 0 aromatic heterocycles. The van der Waals surface area contributed by atoms with E-state index in [1.807, 2.05) is 0 Å². The highest BCUT2D eigenvalue weighted by molar-refractivity contribution is 5.78. The van der Waals surface area contributed by atoms with Crippen LogP contribution in [-0.2, 0) is 4.74 Å². The molecule has 1 heterocycles. The van der Waals surface area contributed by atoms with Crippen molar-refractivity contribution in [2.24, 2.45) is 16.6 Å². The lowest BCUT2D eigenvalue weighted by Gasteiger charge is -2.31. The van der Waals surface area contributed by atoms with Gasteiger partial charge in [0.2, 0.25) is 0 Å². The zero-order valence-electron chi connectivity index (χ0n) is 11.3. The van der Waals surface area contributed by atoms with Crippen molar-refractivity contribution >= 4 is 5.96 Å². The summed E-state index contributed by atoms with van der Waals surface area (Å²) < 4.78 is 5.01. The Morgan fingerprint density at radius 2 is 2.00 bits per heavy atom. The first-order valence-electron chi connectivity index (χ1n) is 6.78. The average molecular weight is 241 g/mol. The fourth-order valence-corrected chi connectivity index (χ4v) is 2.07. The molecule has 1 aliphatic rings. The highest BCUT2D eigenvalue weighted by Crippen LogP contribution is 2.15. The summed E-state index contributed by atoms with van der Waals surface area (Å²) in [6, 6.07) is 0. The van der Waals surface area contributed by atoms with Gasteiger partial charge in [-0.2, -0.15) is 0 Å². The van der Waals surface area contributed by atoms with Gasteiger partial charge >= 0.3 is 0 Å². The fraction of sp³-hybridized carbons (Fsp3) is 0.923. The van der Waals surface area contributed by atoms with Gasteiger partial charge in [-0.1, -0.05) is 6.92 Å². The number of likely N-dealkylation sites (tertiary alicyclic amines) is 1. The number of unbranched alkanes of at least 4 members (excludes halogenated alkanes) is 2. The molecule has 100 valence electrons. The lowest BCUT2D eigenvalue weighted by atomic mass is 10.00. The highest BCUT2D eigenvalue weighted by Gasteiger charge is 2.16. The number of aliphatic imine (C=N–C) groups is 1. The van der Waals surface area contributed by atoms with Crippen molar-refractivity contribution in [2.75, 3.05) is 33.4 Å². The van der Waals surface area contributed by atoms with Crippen molar-refractivity contribution in [3.8, 4) is 0 Å². The van der Waals surface area contributed by atoms with Crippen LogP contribution in [0.5, 0.6) is 0 Å². The van der Waals surface area contributed by atoms with E-state index in [2.05, 4.69) is 16.8 Å². The molecule has 1 fully saturated rings. The summed E-state index contributed by atoms with van der Waals surface area (Å²) in [7, 11) is 1.74. The summed E-state index contributed by atoms with van der Waals surface area (Å²) in [5.41, 5.74) is 5.99. The Kier molecular flexibility index (Phi) is 7.01. The van der Waals surface area contributed by atoms with Gasteiger partial charge in [-0.3, -0.25) is 4.99 Å². The van der Waals surface area contributed by atoms with Crippen molar-refractivity contribution < 1.29 is 4.74 Å². The van der Waals surface area contributed by atoms with E-state index in [9.17, 15) is 0 Å². The Hall–Kier alpha value is -0.770. The van der Waals surface area contributed by atoms with Crippen LogP contribution < -0.4 is 5.73 Å². The summed E-state index contributed by atoms with van der Waals surface area (Å²) in [6.45, 7) is 6.14. The first-order valence-corrected chi connectivity index (χ1v) is 6.78. The number of piperidine rings is 1. The molecule has 0 atom stereocenters. The molecule has 0 unspecified atom stereocenters. The quantitative estimate of drug-likeness (QED) is 0.438. The van der Waals surface area contributed by atoms with Crippen LogP contribution in [0.3, 0.4) is 0 Å². The largest absolute Gasteiger partial charge is 0.385 e. The van der Waals surface area contributed by atoms with E-state index in [0.717, 1.165) is 51.0 Å². The van der Waals surface area contributed by atoms with Crippen LogP contribution in [0.25, 0.3) is 0 Å². The number of methoxy groups -OCH3 is 1. The summed E-state index contributed by atoms with van der Waals surface area (Å²) in [5.74, 6) is 1.58. The van der Waals surface area contributed by atoms with E-state index in [-0.39, 0.29) is 0 Å². The lowest BCUT2D eigenvalue weighted by molar-refractivity contribution is 0.192. The molecule has 0 aromatic rings. The van der Waals surface area contributed by atoms with Crippen molar-refractivity contribution in [1.29, 1.82) is 0 Å². The van der Waals surface area contributed by atoms with E-state index in [0.29, 0.717) is 0 Å². The van der Waals surface area contributed by atoms with Crippen LogP contribution in [0.15, 0.2) is 4.99 Å². The standard InChI is InChI=1S/C13H27N3O/c1-12-6-9-16(10-7-12)13(14)15-8-4-3-5-11-17-2/h12H,3-11H2,1-2H3,(H2,14,15). The zero-order valence-corrected chi connectivity index (χ0v) is 11.3. The molecule has 0 spiro atoms. The summed E-state index contributed by atoms with van der Waals surface area (Å²) in [5, 5.41) is 0. The van der Waals surface area contributed by atoms with Crippen LogP contribution >= 0.6 is 0 Å². The number of nitrogens with two attached hydrogens (primary N) is 1. The number of hydrogen-bond acceptors (Lipinski definition) is 2. The topological polar surface area (TPSA) is 50.9 Å². The second kappa shape index (κ2) is 8.34. The third-order valence-corrected chi connectivity index (χ3v) is 3.39. The molecule has 17 heavy (non-hydrogen) atoms. The van der Waals surface area contributed by atoms with Gasteiger partial charge in [-0.25, -0.2) is 0 Å². The Bertz CT molecular complexity index is 223. The van der Waals surface area contributed by atoms with E-state index >= 15 is 0 Å². The molecular weight excluding hydrogens is 214 g/mol. The maximum absolute atomic E-state index is 5.99. The number of guanidine groups is 1. The SMILES string of the molecule is COCCCCCN=C(N)N1CCC(C)CC1. The monoisotopic (exact) mass is 241 g/mol. The molecule has 4 heteroatoms. The maximum Gasteiger partial charge on any atom is 0.191 e. The number of hydrogen-bond donors (Lipinski definition) is 1. The predicted octanol–water partition coefficient (Wildman–Crippen LogP) is 1.85. The van der Waals surface area contributed by atoms with E-state index in [1.165, 1.54) is 19.3 Å². The third kappa shape index (κ3) is 5.91. The molecule has 1 saturated heterocycles. The Labute approximate surface area is 105 Å². The molecule has 0 aromatic carbocycles. The number of ether oxygens (including phenoxy) is 1. The maximum atomic E-state index is 5.99. The second-order valence-corrected chi connectivity index (χ2v) is 4.96. The van der Waals surface area contributed by atoms with Gasteiger partial charge in [0, 0.05) is 33.4 Å². The second-order valence-electron chi connectivity index (χ2n) is 4.96. The first kappa shape index (κ1) is 14.3. The van der Waals surface area contributed by atoms with E-state index in [4.69, 9.17) is 10.5 Å². The van der Waals surface area contributed by atoms with Gasteiger partial charge in [0.05, 0.1) is 0 Å². The normalized spacial score (nSPS) is 18.7. The average Bonchev–Trinajstić information content (AvgIpc) is 2.34. The van der Waals surface area contributed by atoms with Gasteiger partial charge in [-0.15, -0.1) is 0 Å². The molecule has 0 aliphatic carbocycles. The van der Waals surface area contributed by atoms with Crippen LogP contribution in [-0.4, -0.2) is 44.2 Å². The molecule has 0 saturated carbocycles. The van der Waals surface area contributed by atoms with Gasteiger partial charge in [0.15, 0.2) is 5.96 Å². The van der Waals surface area contributed by atoms with Crippen molar-refractivity contribution in [3.63, 3.8) is 0 Å². The predicted molar refractivity (Wildman–Crippen MR) is 72.2 cm³/mol. The minimum atomic E-state index is 0.739. The Balaban J connectivity index is 2.11. The first-order chi connectivity index (χ1) is 8.24. The fourth-order valence-electron chi connectivity index (χ4n) is 2.07. The summed E-state index contributed by atoms with van der Waals surface area (Å²) in [6.07, 6.45) is 5.87. The minimum absolute atomic E-state index is 0.739. The van der Waals surface area contributed by atoms with Crippen LogP contribution in [0.2, 0.25) is 0 Å². The van der Waals surface area contributed by atoms with Crippen LogP contribution in [0.1, 0.15) is 39.0 Å². The molecule has 0 amide bonds. The third-order valence-electron chi connectivity index (χ3n) is 3.39. The van der Waals surface area contributed by atoms with E-state index < -0.39 is 0 Å². The zero-order chi connectivity index (χ0) is 12.5. The number of rotatable bonds is 6. The molecule has 4 nitrogen and oxygen atoms in total. The van der Waals surface area contributed by atoms with E-state index in [1.54, 1.807) is 7.11 Å². The molecule has 2 N–H and O–H groups in total. The van der Waals surface area contributed by atoms with Crippen molar-refractivity contribution in [2.45, 2.75) is 39.0 Å². The molecule has 1 aliphatic heterocycles. The molecule has 1 rings (SSSR count). The number of nitrogens with zero attached hydrogens (tertiary/aromatic N) is 2. The van der Waals surface area contributed by atoms with Crippen molar-refractivity contribution in [3.05, 3.63) is 0 Å². The molecular formula is C13H27N3O. The Morgan fingerprint density at radius 3 is 2.65 bits per heavy atom. The van der Waals surface area contributed by atoms with Gasteiger partial charge < -0.3 is 15.4 Å². The smallest absolute Gasteiger partial charge is 0.191 e. The van der Waals surface area contributed by atoms with Crippen molar-refractivity contribution in [1.82, 2.24) is 4.90 Å². The highest BCUT2D eigenvalue weighted by atomic mass is 16.5. The van der Waals surface area contributed by atoms with Crippen LogP contribution in [0, 0.1) is 5.92 Å². The van der Waals surface area contributed by atoms with Gasteiger partial charge in [0.1, 0.15) is 0 Å². The van der Waals surface area contributed by atoms with Crippen LogP contribution in [0.4, 0.5) is 0 Å². The molecule has 0 bridgehead atoms. The van der Waals surface area contributed by atoms with Gasteiger partial charge in [-0.05, 0) is 38.0 Å². The molecule has 0 radical (unpaired) electrons. The minimum Gasteiger partial charge on any atom is -0.385 e. The summed E-state index contributed by atoms with van der Waals surface area (Å²) in [4.78, 5) is 6.67.